The number of amides is 1. The van der Waals surface area contributed by atoms with Gasteiger partial charge in [-0.05, 0) is 36.3 Å². The maximum atomic E-state index is 11.4. The lowest BCUT2D eigenvalue weighted by atomic mass is 9.82. The molecule has 1 aliphatic rings. The molecule has 2 unspecified atom stereocenters. The van der Waals surface area contributed by atoms with E-state index in [1.165, 1.54) is 36.9 Å². The molecule has 1 saturated carbocycles. The van der Waals surface area contributed by atoms with E-state index in [-0.39, 0.29) is 5.91 Å². The summed E-state index contributed by atoms with van der Waals surface area (Å²) in [6.07, 6.45) is 5.42. The van der Waals surface area contributed by atoms with Crippen LogP contribution in [0.4, 0.5) is 5.69 Å². The first kappa shape index (κ1) is 15.9. The van der Waals surface area contributed by atoms with Crippen molar-refractivity contribution in [2.75, 3.05) is 18.9 Å². The summed E-state index contributed by atoms with van der Waals surface area (Å²) < 4.78 is 0. The zero-order valence-electron chi connectivity index (χ0n) is 13.6. The lowest BCUT2D eigenvalue weighted by Gasteiger charge is -2.27. The van der Waals surface area contributed by atoms with Gasteiger partial charge in [0.05, 0.1) is 0 Å². The molecule has 0 radical (unpaired) electrons. The average Bonchev–Trinajstić information content (AvgIpc) is 2.46. The Morgan fingerprint density at radius 3 is 2.81 bits per heavy atom. The van der Waals surface area contributed by atoms with Crippen LogP contribution in [0.2, 0.25) is 0 Å². The van der Waals surface area contributed by atoms with E-state index < -0.39 is 0 Å². The van der Waals surface area contributed by atoms with Crippen LogP contribution >= 0.6 is 0 Å². The summed E-state index contributed by atoms with van der Waals surface area (Å²) in [7, 11) is 1.85. The number of hydrogen-bond acceptors (Lipinski definition) is 2. The van der Waals surface area contributed by atoms with Crippen molar-refractivity contribution in [2.24, 2.45) is 11.8 Å². The highest BCUT2D eigenvalue weighted by atomic mass is 16.2. The van der Waals surface area contributed by atoms with Gasteiger partial charge in [0.15, 0.2) is 0 Å². The zero-order valence-corrected chi connectivity index (χ0v) is 13.6. The summed E-state index contributed by atoms with van der Waals surface area (Å²) in [6, 6.07) is 8.32. The van der Waals surface area contributed by atoms with Gasteiger partial charge in [0.25, 0.3) is 0 Å². The topological polar surface area (TPSA) is 32.3 Å². The van der Waals surface area contributed by atoms with E-state index in [0.29, 0.717) is 6.54 Å². The number of para-hydroxylation sites is 1. The van der Waals surface area contributed by atoms with Gasteiger partial charge in [0.2, 0.25) is 5.91 Å². The fourth-order valence-corrected chi connectivity index (χ4v) is 3.20. The summed E-state index contributed by atoms with van der Waals surface area (Å²) in [6.45, 7) is 5.69. The van der Waals surface area contributed by atoms with Gasteiger partial charge >= 0.3 is 0 Å². The van der Waals surface area contributed by atoms with Crippen LogP contribution in [0.3, 0.4) is 0 Å². The molecular weight excluding hydrogens is 260 g/mol. The molecule has 0 heterocycles. The molecule has 0 spiro atoms. The quantitative estimate of drug-likeness (QED) is 0.891. The van der Waals surface area contributed by atoms with Gasteiger partial charge < -0.3 is 10.2 Å². The highest BCUT2D eigenvalue weighted by molar-refractivity contribution is 5.73. The summed E-state index contributed by atoms with van der Waals surface area (Å²) in [5.41, 5.74) is 2.36. The maximum Gasteiger partial charge on any atom is 0.219 e. The third-order valence-corrected chi connectivity index (χ3v) is 4.59. The third kappa shape index (κ3) is 4.76. The summed E-state index contributed by atoms with van der Waals surface area (Å²) in [4.78, 5) is 13.2. The number of rotatable bonds is 5. The van der Waals surface area contributed by atoms with Crippen LogP contribution in [0.5, 0.6) is 0 Å². The smallest absolute Gasteiger partial charge is 0.219 e. The third-order valence-electron chi connectivity index (χ3n) is 4.59. The Kier molecular flexibility index (Phi) is 5.66. The Balaban J connectivity index is 1.94. The van der Waals surface area contributed by atoms with Crippen LogP contribution in [0.1, 0.15) is 45.1 Å². The minimum atomic E-state index is 0.103. The van der Waals surface area contributed by atoms with E-state index >= 15 is 0 Å². The van der Waals surface area contributed by atoms with Gasteiger partial charge in [-0.2, -0.15) is 0 Å². The van der Waals surface area contributed by atoms with Crippen LogP contribution in [-0.4, -0.2) is 24.4 Å². The van der Waals surface area contributed by atoms with Crippen molar-refractivity contribution in [3.05, 3.63) is 29.8 Å². The highest BCUT2D eigenvalue weighted by Gasteiger charge is 2.18. The van der Waals surface area contributed by atoms with E-state index in [9.17, 15) is 4.79 Å². The van der Waals surface area contributed by atoms with Crippen molar-refractivity contribution < 1.29 is 4.79 Å². The molecule has 116 valence electrons. The Morgan fingerprint density at radius 2 is 2.10 bits per heavy atom. The number of nitrogens with zero attached hydrogens (tertiary/aromatic N) is 1. The second kappa shape index (κ2) is 7.48. The van der Waals surface area contributed by atoms with E-state index in [2.05, 4.69) is 30.4 Å². The molecule has 3 nitrogen and oxygen atoms in total. The Morgan fingerprint density at radius 1 is 1.33 bits per heavy atom. The van der Waals surface area contributed by atoms with E-state index in [1.807, 2.05) is 13.1 Å². The Labute approximate surface area is 128 Å². The van der Waals surface area contributed by atoms with Gasteiger partial charge in [-0.3, -0.25) is 4.79 Å². The van der Waals surface area contributed by atoms with Gasteiger partial charge in [0.1, 0.15) is 0 Å². The normalized spacial score (nSPS) is 21.9. The second-order valence-corrected chi connectivity index (χ2v) is 6.55. The molecule has 1 amide bonds. The molecule has 0 aliphatic heterocycles. The van der Waals surface area contributed by atoms with Crippen molar-refractivity contribution >= 4 is 11.6 Å². The van der Waals surface area contributed by atoms with Crippen molar-refractivity contribution in [3.8, 4) is 0 Å². The van der Waals surface area contributed by atoms with Gasteiger partial charge in [-0.15, -0.1) is 0 Å². The molecule has 1 aromatic carbocycles. The lowest BCUT2D eigenvalue weighted by Crippen LogP contribution is -2.25. The first-order valence-corrected chi connectivity index (χ1v) is 8.09. The fourth-order valence-electron chi connectivity index (χ4n) is 3.20. The monoisotopic (exact) mass is 288 g/mol. The fraction of sp³-hybridized carbons (Fsp3) is 0.611. The molecule has 0 bridgehead atoms. The summed E-state index contributed by atoms with van der Waals surface area (Å²) in [5.74, 6) is 1.75. The van der Waals surface area contributed by atoms with E-state index in [0.717, 1.165) is 18.4 Å². The molecule has 1 aromatic rings. The Bertz CT molecular complexity index is 472. The Hall–Kier alpha value is -1.51. The minimum Gasteiger partial charge on any atom is -0.384 e. The lowest BCUT2D eigenvalue weighted by molar-refractivity contribution is -0.128. The molecule has 0 saturated heterocycles. The summed E-state index contributed by atoms with van der Waals surface area (Å²) in [5, 5.41) is 3.61. The molecule has 1 N–H and O–H groups in total. The molecule has 2 atom stereocenters. The average molecular weight is 288 g/mol. The largest absolute Gasteiger partial charge is 0.384 e. The predicted octanol–water partition coefficient (Wildman–Crippen LogP) is 3.90. The first-order chi connectivity index (χ1) is 10.1. The predicted molar refractivity (Wildman–Crippen MR) is 88.2 cm³/mol. The van der Waals surface area contributed by atoms with Crippen LogP contribution < -0.4 is 5.32 Å². The number of carbonyl (C=O) groups is 1. The van der Waals surface area contributed by atoms with Gasteiger partial charge in [-0.1, -0.05) is 38.0 Å². The molecule has 2 rings (SSSR count). The van der Waals surface area contributed by atoms with Gasteiger partial charge in [0, 0.05) is 32.7 Å². The number of hydrogen-bond donors (Lipinski definition) is 1. The molecule has 1 fully saturated rings. The van der Waals surface area contributed by atoms with E-state index in [4.69, 9.17) is 0 Å². The van der Waals surface area contributed by atoms with Crippen molar-refractivity contribution in [3.63, 3.8) is 0 Å². The molecule has 21 heavy (non-hydrogen) atoms. The number of anilines is 1. The van der Waals surface area contributed by atoms with Crippen LogP contribution in [-0.2, 0) is 11.3 Å². The van der Waals surface area contributed by atoms with Crippen LogP contribution in [0, 0.1) is 11.8 Å². The maximum absolute atomic E-state index is 11.4. The van der Waals surface area contributed by atoms with E-state index in [1.54, 1.807) is 11.8 Å². The molecule has 3 heteroatoms. The minimum absolute atomic E-state index is 0.103. The van der Waals surface area contributed by atoms with Gasteiger partial charge in [-0.25, -0.2) is 0 Å². The molecule has 1 aliphatic carbocycles. The van der Waals surface area contributed by atoms with Crippen molar-refractivity contribution in [2.45, 2.75) is 46.1 Å². The zero-order chi connectivity index (χ0) is 15.2. The van der Waals surface area contributed by atoms with Crippen molar-refractivity contribution in [1.29, 1.82) is 0 Å². The first-order valence-electron chi connectivity index (χ1n) is 8.09. The highest BCUT2D eigenvalue weighted by Crippen LogP contribution is 2.29. The number of carbonyl (C=O) groups excluding carboxylic acids is 1. The summed E-state index contributed by atoms with van der Waals surface area (Å²) >= 11 is 0. The number of benzene rings is 1. The second-order valence-electron chi connectivity index (χ2n) is 6.55. The molecular formula is C18H28N2O. The molecule has 0 aromatic heterocycles. The standard InChI is InChI=1S/C18H28N2O/c1-14-7-6-8-16(11-14)12-19-18-10-5-4-9-17(18)13-20(3)15(2)21/h4-5,9-10,14,16,19H,6-8,11-13H2,1-3H3. The van der Waals surface area contributed by atoms with Crippen LogP contribution in [0.25, 0.3) is 0 Å². The van der Waals surface area contributed by atoms with Crippen molar-refractivity contribution in [1.82, 2.24) is 4.90 Å². The van der Waals surface area contributed by atoms with Crippen LogP contribution in [0.15, 0.2) is 24.3 Å². The number of nitrogens with one attached hydrogen (secondary N) is 1. The SMILES string of the molecule is CC(=O)N(C)Cc1ccccc1NCC1CCCC(C)C1.